The van der Waals surface area contributed by atoms with E-state index in [4.69, 9.17) is 9.47 Å². The molecule has 2 unspecified atom stereocenters. The predicted molar refractivity (Wildman–Crippen MR) is 138 cm³/mol. The van der Waals surface area contributed by atoms with Crippen LogP contribution in [0.15, 0.2) is 54.6 Å². The average Bonchev–Trinajstić information content (AvgIpc) is 2.79. The van der Waals surface area contributed by atoms with Gasteiger partial charge in [0.1, 0.15) is 20.8 Å². The van der Waals surface area contributed by atoms with Crippen LogP contribution in [0.25, 0.3) is 0 Å². The van der Waals surface area contributed by atoms with Gasteiger partial charge in [-0.2, -0.15) is 0 Å². The Morgan fingerprint density at radius 3 is 2.18 bits per heavy atom. The Labute approximate surface area is 214 Å². The van der Waals surface area contributed by atoms with Gasteiger partial charge >= 0.3 is 12.0 Å². The smallest absolute Gasteiger partial charge is 0.338 e. The Hall–Kier alpha value is -2.62. The summed E-state index contributed by atoms with van der Waals surface area (Å²) in [6.45, 7) is 9.27. The van der Waals surface area contributed by atoms with Gasteiger partial charge in [-0.05, 0) is 63.4 Å². The lowest BCUT2D eigenvalue weighted by atomic mass is 9.72. The first-order valence-corrected chi connectivity index (χ1v) is 12.6. The van der Waals surface area contributed by atoms with E-state index in [1.54, 1.807) is 24.3 Å². The lowest BCUT2D eigenvalue weighted by molar-refractivity contribution is -0.190. The molecule has 3 rings (SSSR count). The minimum Gasteiger partial charge on any atom is -0.469 e. The van der Waals surface area contributed by atoms with E-state index in [2.05, 4.69) is 27.9 Å². The number of likely N-dealkylation sites (tertiary alicyclic amines) is 1. The Balaban J connectivity index is 1.77. The monoisotopic (exact) mass is 578 g/mol. The van der Waals surface area contributed by atoms with Crippen molar-refractivity contribution in [1.82, 2.24) is 10.2 Å². The summed E-state index contributed by atoms with van der Waals surface area (Å²) in [6.07, 6.45) is 0.333. The summed E-state index contributed by atoms with van der Waals surface area (Å²) >= 11 is 2.13. The van der Waals surface area contributed by atoms with Gasteiger partial charge in [-0.3, -0.25) is 4.79 Å². The lowest BCUT2D eigenvalue weighted by Gasteiger charge is -2.53. The number of alkyl halides is 1. The van der Waals surface area contributed by atoms with Crippen molar-refractivity contribution in [2.75, 3.05) is 0 Å². The van der Waals surface area contributed by atoms with Crippen LogP contribution < -0.4 is 10.1 Å². The highest BCUT2D eigenvalue weighted by Gasteiger charge is 2.63. The fraction of sp³-hybridized carbons (Fsp3) is 0.423. The van der Waals surface area contributed by atoms with Crippen LogP contribution in [-0.4, -0.2) is 34.6 Å². The van der Waals surface area contributed by atoms with E-state index in [0.717, 1.165) is 10.5 Å². The van der Waals surface area contributed by atoms with E-state index in [-0.39, 0.29) is 9.96 Å². The van der Waals surface area contributed by atoms with Crippen LogP contribution in [0, 0.1) is 5.41 Å². The maximum atomic E-state index is 13.1. The highest BCUT2D eigenvalue weighted by atomic mass is 127. The fourth-order valence-corrected chi connectivity index (χ4v) is 4.60. The number of amides is 3. The molecule has 0 aliphatic carbocycles. The van der Waals surface area contributed by atoms with Crippen LogP contribution in [0.1, 0.15) is 67.4 Å². The lowest BCUT2D eigenvalue weighted by Crippen LogP contribution is -2.73. The van der Waals surface area contributed by atoms with Crippen LogP contribution in [-0.2, 0) is 9.53 Å². The number of nitrogens with one attached hydrogen (secondary N) is 1. The highest BCUT2D eigenvalue weighted by Crippen LogP contribution is 2.46. The number of benzene rings is 2. The average molecular weight is 578 g/mol. The summed E-state index contributed by atoms with van der Waals surface area (Å²) in [5.74, 6) is -0.214. The maximum absolute atomic E-state index is 13.1. The van der Waals surface area contributed by atoms with Crippen LogP contribution in [0.3, 0.4) is 0 Å². The van der Waals surface area contributed by atoms with Gasteiger partial charge in [0.2, 0.25) is 5.91 Å². The Morgan fingerprint density at radius 1 is 1.06 bits per heavy atom. The number of esters is 1. The summed E-state index contributed by atoms with van der Waals surface area (Å²) < 4.78 is 11.3. The molecule has 1 N–H and O–H groups in total. The number of β-lactam (4-membered cyclic amide) rings is 1. The molecule has 1 saturated heterocycles. The van der Waals surface area contributed by atoms with Gasteiger partial charge in [-0.15, -0.1) is 0 Å². The molecule has 7 nitrogen and oxygen atoms in total. The zero-order valence-corrected chi connectivity index (χ0v) is 22.3. The van der Waals surface area contributed by atoms with Crippen LogP contribution in [0.5, 0.6) is 5.75 Å². The first-order valence-electron chi connectivity index (χ1n) is 11.4. The van der Waals surface area contributed by atoms with E-state index < -0.39 is 29.2 Å². The number of halogens is 1. The van der Waals surface area contributed by atoms with E-state index in [9.17, 15) is 14.4 Å². The van der Waals surface area contributed by atoms with E-state index in [1.807, 2.05) is 65.0 Å². The number of rotatable bonds is 7. The van der Waals surface area contributed by atoms with Gasteiger partial charge in [-0.1, -0.05) is 66.8 Å². The van der Waals surface area contributed by atoms with Gasteiger partial charge in [0.15, 0.2) is 6.23 Å². The van der Waals surface area contributed by atoms with Crippen molar-refractivity contribution in [3.05, 3.63) is 65.7 Å². The molecule has 8 heteroatoms. The quantitative estimate of drug-likeness (QED) is 0.147. The van der Waals surface area contributed by atoms with Crippen molar-refractivity contribution in [3.8, 4) is 5.75 Å². The molecule has 0 bridgehead atoms. The number of carbonyl (C=O) groups excluding carboxylic acids is 3. The zero-order chi connectivity index (χ0) is 25.1. The summed E-state index contributed by atoms with van der Waals surface area (Å²) in [7, 11) is 0. The van der Waals surface area contributed by atoms with E-state index in [1.165, 1.54) is 0 Å². The molecule has 2 aromatic carbocycles. The minimum absolute atomic E-state index is 0.248. The fourth-order valence-electron chi connectivity index (χ4n) is 3.92. The summed E-state index contributed by atoms with van der Waals surface area (Å²) in [4.78, 5) is 39.6. The van der Waals surface area contributed by atoms with Crippen molar-refractivity contribution >= 4 is 40.5 Å². The molecule has 2 atom stereocenters. The number of carbonyl (C=O) groups is 3. The molecule has 1 aliphatic rings. The van der Waals surface area contributed by atoms with Gasteiger partial charge in [0, 0.05) is 0 Å². The second-order valence-electron chi connectivity index (χ2n) is 9.26. The minimum atomic E-state index is -0.783. The maximum Gasteiger partial charge on any atom is 0.338 e. The topological polar surface area (TPSA) is 84.9 Å². The molecular weight excluding hydrogens is 547 g/mol. The van der Waals surface area contributed by atoms with E-state index in [0.29, 0.717) is 24.2 Å². The standard InChI is InChI=1S/C26H31IN2O5/c1-6-26(7-2)22(31)29(24(32)28-20(27)17-11-9-8-10-12-17)23(26)33-19-15-13-18(14-16-19)21(30)34-25(3,4)5/h8-16,20,23H,6-7H2,1-5H3,(H,28,32). The van der Waals surface area contributed by atoms with Crippen LogP contribution >= 0.6 is 22.6 Å². The molecule has 1 fully saturated rings. The van der Waals surface area contributed by atoms with Crippen LogP contribution in [0.2, 0.25) is 0 Å². The number of ether oxygens (including phenoxy) is 2. The van der Waals surface area contributed by atoms with Gasteiger partial charge < -0.3 is 14.8 Å². The third kappa shape index (κ3) is 5.37. The Kier molecular flexibility index (Phi) is 7.90. The molecule has 3 amide bonds. The summed E-state index contributed by atoms with van der Waals surface area (Å²) in [6, 6.07) is 15.6. The Bertz CT molecular complexity index is 1030. The van der Waals surface area contributed by atoms with Crippen molar-refractivity contribution < 1.29 is 23.9 Å². The van der Waals surface area contributed by atoms with E-state index >= 15 is 0 Å². The molecule has 0 spiro atoms. The molecule has 182 valence electrons. The van der Waals surface area contributed by atoms with Crippen molar-refractivity contribution in [1.29, 1.82) is 0 Å². The number of hydrogen-bond acceptors (Lipinski definition) is 5. The molecule has 0 radical (unpaired) electrons. The SMILES string of the molecule is CCC1(CC)C(=O)N(C(=O)NC(I)c2ccccc2)C1Oc1ccc(C(=O)OC(C)(C)C)cc1. The molecule has 0 saturated carbocycles. The second kappa shape index (κ2) is 10.3. The normalized spacial score (nSPS) is 18.0. The van der Waals surface area contributed by atoms with Gasteiger partial charge in [-0.25, -0.2) is 14.5 Å². The molecule has 1 heterocycles. The van der Waals surface area contributed by atoms with Crippen molar-refractivity contribution in [2.45, 2.75) is 63.3 Å². The molecule has 0 aromatic heterocycles. The molecule has 2 aromatic rings. The third-order valence-corrected chi connectivity index (χ3v) is 6.94. The summed E-state index contributed by atoms with van der Waals surface area (Å²) in [5, 5.41) is 2.89. The van der Waals surface area contributed by atoms with Gasteiger partial charge in [0.25, 0.3) is 0 Å². The van der Waals surface area contributed by atoms with Gasteiger partial charge in [0.05, 0.1) is 5.56 Å². The Morgan fingerprint density at radius 2 is 1.65 bits per heavy atom. The molecule has 1 aliphatic heterocycles. The van der Waals surface area contributed by atoms with Crippen LogP contribution in [0.4, 0.5) is 4.79 Å². The number of urea groups is 1. The van der Waals surface area contributed by atoms with Crippen molar-refractivity contribution in [2.24, 2.45) is 5.41 Å². The molecule has 34 heavy (non-hydrogen) atoms. The number of imide groups is 1. The zero-order valence-electron chi connectivity index (χ0n) is 20.1. The first kappa shape index (κ1) is 26.0. The summed E-state index contributed by atoms with van der Waals surface area (Å²) in [5.41, 5.74) is -0.0505. The predicted octanol–water partition coefficient (Wildman–Crippen LogP) is 5.84. The highest BCUT2D eigenvalue weighted by molar-refractivity contribution is 14.1. The number of hydrogen-bond donors (Lipinski definition) is 1. The second-order valence-corrected chi connectivity index (χ2v) is 10.5. The first-order chi connectivity index (χ1) is 16.0. The third-order valence-electron chi connectivity index (χ3n) is 5.91. The largest absolute Gasteiger partial charge is 0.469 e. The molecular formula is C26H31IN2O5. The van der Waals surface area contributed by atoms with Crippen molar-refractivity contribution in [3.63, 3.8) is 0 Å². The number of nitrogens with zero attached hydrogens (tertiary/aromatic N) is 1.